The van der Waals surface area contributed by atoms with Crippen LogP contribution in [-0.4, -0.2) is 44.8 Å². The molecule has 9 nitrogen and oxygen atoms in total. The Morgan fingerprint density at radius 2 is 2.03 bits per heavy atom. The minimum absolute atomic E-state index is 0.00583. The van der Waals surface area contributed by atoms with E-state index >= 15 is 0 Å². The molecule has 3 rings (SSSR count). The fourth-order valence-electron chi connectivity index (χ4n) is 3.79. The topological polar surface area (TPSA) is 132 Å². The predicted molar refractivity (Wildman–Crippen MR) is 110 cm³/mol. The van der Waals surface area contributed by atoms with Gasteiger partial charge in [0.2, 0.25) is 11.8 Å². The Labute approximate surface area is 174 Å². The molecule has 2 aromatic rings. The Morgan fingerprint density at radius 3 is 2.67 bits per heavy atom. The Balaban J connectivity index is 1.53. The SMILES string of the molecule is Cc1[nH]c(=O)c(C#N)c(C)c1CCC(=O)N1CCC(C(=O)Nc2cnccn2)CC1. The van der Waals surface area contributed by atoms with E-state index in [4.69, 9.17) is 0 Å². The van der Waals surface area contributed by atoms with Crippen molar-refractivity contribution < 1.29 is 9.59 Å². The summed E-state index contributed by atoms with van der Waals surface area (Å²) in [6, 6.07) is 1.93. The molecule has 0 aliphatic carbocycles. The number of anilines is 1. The highest BCUT2D eigenvalue weighted by atomic mass is 16.2. The highest BCUT2D eigenvalue weighted by molar-refractivity contribution is 5.91. The molecule has 0 radical (unpaired) electrons. The maximum atomic E-state index is 12.7. The third-order valence-corrected chi connectivity index (χ3v) is 5.54. The van der Waals surface area contributed by atoms with Gasteiger partial charge in [0.1, 0.15) is 11.6 Å². The molecule has 2 N–H and O–H groups in total. The Morgan fingerprint density at radius 1 is 1.30 bits per heavy atom. The number of aromatic amines is 1. The predicted octanol–water partition coefficient (Wildman–Crippen LogP) is 1.46. The number of H-pyrrole nitrogens is 1. The summed E-state index contributed by atoms with van der Waals surface area (Å²) >= 11 is 0. The summed E-state index contributed by atoms with van der Waals surface area (Å²) in [6.07, 6.45) is 6.47. The molecule has 30 heavy (non-hydrogen) atoms. The molecule has 0 bridgehead atoms. The third kappa shape index (κ3) is 4.71. The van der Waals surface area contributed by atoms with Gasteiger partial charge in [0.25, 0.3) is 5.56 Å². The van der Waals surface area contributed by atoms with Crippen LogP contribution in [0.5, 0.6) is 0 Å². The minimum Gasteiger partial charge on any atom is -0.343 e. The van der Waals surface area contributed by atoms with E-state index in [2.05, 4.69) is 20.3 Å². The van der Waals surface area contributed by atoms with E-state index in [0.29, 0.717) is 49.4 Å². The number of nitrogens with zero attached hydrogens (tertiary/aromatic N) is 4. The van der Waals surface area contributed by atoms with Crippen LogP contribution in [0.15, 0.2) is 23.4 Å². The molecule has 0 aromatic carbocycles. The van der Waals surface area contributed by atoms with E-state index in [1.807, 2.05) is 6.07 Å². The molecule has 1 fully saturated rings. The van der Waals surface area contributed by atoms with Crippen LogP contribution in [-0.2, 0) is 16.0 Å². The van der Waals surface area contributed by atoms with E-state index in [-0.39, 0.29) is 29.7 Å². The van der Waals surface area contributed by atoms with Gasteiger partial charge in [0.05, 0.1) is 6.20 Å². The second-order valence-electron chi connectivity index (χ2n) is 7.40. The van der Waals surface area contributed by atoms with Crippen molar-refractivity contribution >= 4 is 17.6 Å². The molecule has 0 saturated carbocycles. The molecule has 9 heteroatoms. The first kappa shape index (κ1) is 21.2. The number of carbonyl (C=O) groups is 2. The van der Waals surface area contributed by atoms with Crippen LogP contribution in [0.3, 0.4) is 0 Å². The van der Waals surface area contributed by atoms with Crippen LogP contribution in [0.2, 0.25) is 0 Å². The average Bonchev–Trinajstić information content (AvgIpc) is 2.74. The number of amides is 2. The molecule has 1 saturated heterocycles. The van der Waals surface area contributed by atoms with Gasteiger partial charge >= 0.3 is 0 Å². The van der Waals surface area contributed by atoms with Crippen LogP contribution < -0.4 is 10.9 Å². The number of nitriles is 1. The summed E-state index contributed by atoms with van der Waals surface area (Å²) in [6.45, 7) is 4.55. The lowest BCUT2D eigenvalue weighted by Crippen LogP contribution is -2.41. The summed E-state index contributed by atoms with van der Waals surface area (Å²) in [4.78, 5) is 49.3. The normalized spacial score (nSPS) is 14.2. The molecule has 3 heterocycles. The molecule has 0 atom stereocenters. The quantitative estimate of drug-likeness (QED) is 0.770. The van der Waals surface area contributed by atoms with Gasteiger partial charge in [-0.15, -0.1) is 0 Å². The summed E-state index contributed by atoms with van der Waals surface area (Å²) in [7, 11) is 0. The van der Waals surface area contributed by atoms with E-state index in [9.17, 15) is 19.6 Å². The smallest absolute Gasteiger partial charge is 0.266 e. The number of rotatable bonds is 5. The van der Waals surface area contributed by atoms with Crippen LogP contribution >= 0.6 is 0 Å². The summed E-state index contributed by atoms with van der Waals surface area (Å²) in [5.41, 5.74) is 1.84. The molecule has 156 valence electrons. The fraction of sp³-hybridized carbons (Fsp3) is 0.429. The van der Waals surface area contributed by atoms with Gasteiger partial charge in [-0.2, -0.15) is 5.26 Å². The fourth-order valence-corrected chi connectivity index (χ4v) is 3.79. The minimum atomic E-state index is -0.399. The van der Waals surface area contributed by atoms with Gasteiger partial charge in [-0.3, -0.25) is 19.4 Å². The number of nitrogens with one attached hydrogen (secondary N) is 2. The molecule has 0 unspecified atom stereocenters. The van der Waals surface area contributed by atoms with Crippen LogP contribution in [0.1, 0.15) is 41.6 Å². The Hall–Kier alpha value is -3.54. The van der Waals surface area contributed by atoms with Gasteiger partial charge in [-0.25, -0.2) is 4.98 Å². The summed E-state index contributed by atoms with van der Waals surface area (Å²) < 4.78 is 0. The largest absolute Gasteiger partial charge is 0.343 e. The zero-order valence-corrected chi connectivity index (χ0v) is 17.1. The van der Waals surface area contributed by atoms with Crippen molar-refractivity contribution in [3.8, 4) is 6.07 Å². The lowest BCUT2D eigenvalue weighted by Gasteiger charge is -2.31. The van der Waals surface area contributed by atoms with E-state index in [1.165, 1.54) is 18.6 Å². The third-order valence-electron chi connectivity index (χ3n) is 5.54. The van der Waals surface area contributed by atoms with Crippen LogP contribution in [0, 0.1) is 31.1 Å². The standard InChI is InChI=1S/C21H24N6O3/c1-13-16(14(2)25-21(30)17(13)11-22)3-4-19(28)27-9-5-15(6-10-27)20(29)26-18-12-23-7-8-24-18/h7-8,12,15H,3-6,9-10H2,1-2H3,(H,25,30)(H,24,26,29). The number of aromatic nitrogens is 3. The maximum absolute atomic E-state index is 12.7. The molecule has 1 aliphatic rings. The first-order valence-corrected chi connectivity index (χ1v) is 9.87. The summed E-state index contributed by atoms with van der Waals surface area (Å²) in [5.74, 6) is 0.153. The lowest BCUT2D eigenvalue weighted by atomic mass is 9.95. The summed E-state index contributed by atoms with van der Waals surface area (Å²) in [5, 5.41) is 11.9. The number of piperidine rings is 1. The number of aryl methyl sites for hydroxylation is 1. The van der Waals surface area contributed by atoms with Crippen molar-refractivity contribution in [2.75, 3.05) is 18.4 Å². The van der Waals surface area contributed by atoms with Crippen molar-refractivity contribution in [3.63, 3.8) is 0 Å². The van der Waals surface area contributed by atoms with E-state index < -0.39 is 5.56 Å². The van der Waals surface area contributed by atoms with Crippen molar-refractivity contribution in [2.45, 2.75) is 39.5 Å². The highest BCUT2D eigenvalue weighted by Gasteiger charge is 2.27. The van der Waals surface area contributed by atoms with Crippen molar-refractivity contribution in [1.82, 2.24) is 19.9 Å². The Kier molecular flexibility index (Phi) is 6.57. The first-order valence-electron chi connectivity index (χ1n) is 9.87. The Bertz CT molecular complexity index is 1030. The van der Waals surface area contributed by atoms with E-state index in [1.54, 1.807) is 18.7 Å². The van der Waals surface area contributed by atoms with Crippen molar-refractivity contribution in [1.29, 1.82) is 5.26 Å². The van der Waals surface area contributed by atoms with Crippen LogP contribution in [0.4, 0.5) is 5.82 Å². The molecule has 2 aromatic heterocycles. The number of pyridine rings is 1. The molecule has 0 spiro atoms. The number of hydrogen-bond acceptors (Lipinski definition) is 6. The second-order valence-corrected chi connectivity index (χ2v) is 7.40. The number of carbonyl (C=O) groups excluding carboxylic acids is 2. The zero-order chi connectivity index (χ0) is 21.7. The van der Waals surface area contributed by atoms with E-state index in [0.717, 1.165) is 5.56 Å². The molecule has 2 amide bonds. The first-order chi connectivity index (χ1) is 14.4. The van der Waals surface area contributed by atoms with Gasteiger partial charge in [0, 0.05) is 43.5 Å². The monoisotopic (exact) mass is 408 g/mol. The van der Waals surface area contributed by atoms with Gasteiger partial charge in [-0.1, -0.05) is 0 Å². The van der Waals surface area contributed by atoms with Crippen molar-refractivity contribution in [3.05, 3.63) is 51.3 Å². The van der Waals surface area contributed by atoms with Crippen LogP contribution in [0.25, 0.3) is 0 Å². The molecular weight excluding hydrogens is 384 g/mol. The van der Waals surface area contributed by atoms with Crippen molar-refractivity contribution in [2.24, 2.45) is 5.92 Å². The highest BCUT2D eigenvalue weighted by Crippen LogP contribution is 2.21. The maximum Gasteiger partial charge on any atom is 0.266 e. The number of likely N-dealkylation sites (tertiary alicyclic amines) is 1. The zero-order valence-electron chi connectivity index (χ0n) is 17.1. The number of hydrogen-bond donors (Lipinski definition) is 2. The second kappa shape index (κ2) is 9.31. The van der Waals surface area contributed by atoms with Gasteiger partial charge < -0.3 is 15.2 Å². The molecular formula is C21H24N6O3. The molecule has 1 aliphatic heterocycles. The van der Waals surface area contributed by atoms with Gasteiger partial charge in [0.15, 0.2) is 5.82 Å². The lowest BCUT2D eigenvalue weighted by molar-refractivity contribution is -0.134. The van der Waals surface area contributed by atoms with Gasteiger partial charge in [-0.05, 0) is 44.2 Å². The average molecular weight is 408 g/mol.